The molecule has 0 bridgehead atoms. The molecule has 98 valence electrons. The van der Waals surface area contributed by atoms with Crippen LogP contribution in [0.5, 0.6) is 0 Å². The highest BCUT2D eigenvalue weighted by atomic mass is 16.5. The Morgan fingerprint density at radius 1 is 1.56 bits per heavy atom. The molecule has 2 atom stereocenters. The minimum absolute atomic E-state index is 0.340. The Balaban J connectivity index is 2.22. The van der Waals surface area contributed by atoms with E-state index in [-0.39, 0.29) is 5.97 Å². The number of carbonyl (C=O) groups excluding carboxylic acids is 1. The third kappa shape index (κ3) is 2.58. The SMILES string of the molecule is COC(=O)c1cc(N)ccc1N(C)CC1CC1C. The minimum atomic E-state index is -0.340. The third-order valence-electron chi connectivity index (χ3n) is 3.62. The number of anilines is 2. The molecular weight excluding hydrogens is 228 g/mol. The number of esters is 1. The van der Waals surface area contributed by atoms with Crippen molar-refractivity contribution in [1.29, 1.82) is 0 Å². The number of carbonyl (C=O) groups is 1. The smallest absolute Gasteiger partial charge is 0.340 e. The lowest BCUT2D eigenvalue weighted by Gasteiger charge is -2.22. The van der Waals surface area contributed by atoms with Gasteiger partial charge in [-0.05, 0) is 36.5 Å². The van der Waals surface area contributed by atoms with Crippen LogP contribution in [0.4, 0.5) is 11.4 Å². The number of nitrogens with zero attached hydrogens (tertiary/aromatic N) is 1. The van der Waals surface area contributed by atoms with Crippen LogP contribution in [0.15, 0.2) is 18.2 Å². The molecule has 0 aliphatic heterocycles. The standard InChI is InChI=1S/C14H20N2O2/c1-9-6-10(9)8-16(2)13-5-4-11(15)7-12(13)14(17)18-3/h4-5,7,9-10H,6,8,15H2,1-3H3. The van der Waals surface area contributed by atoms with E-state index in [4.69, 9.17) is 10.5 Å². The van der Waals surface area contributed by atoms with Gasteiger partial charge in [-0.2, -0.15) is 0 Å². The van der Waals surface area contributed by atoms with Crippen molar-refractivity contribution in [2.45, 2.75) is 13.3 Å². The van der Waals surface area contributed by atoms with Crippen LogP contribution >= 0.6 is 0 Å². The second kappa shape index (κ2) is 4.88. The van der Waals surface area contributed by atoms with Gasteiger partial charge >= 0.3 is 5.97 Å². The first kappa shape index (κ1) is 12.7. The molecule has 1 aromatic carbocycles. The Hall–Kier alpha value is -1.71. The normalized spacial score (nSPS) is 21.5. The highest BCUT2D eigenvalue weighted by Crippen LogP contribution is 2.39. The number of hydrogen-bond donors (Lipinski definition) is 1. The van der Waals surface area contributed by atoms with Crippen LogP contribution in [0.2, 0.25) is 0 Å². The molecular formula is C14H20N2O2. The molecule has 2 unspecified atom stereocenters. The molecule has 0 aromatic heterocycles. The third-order valence-corrected chi connectivity index (χ3v) is 3.62. The van der Waals surface area contributed by atoms with Gasteiger partial charge in [0.05, 0.1) is 18.4 Å². The summed E-state index contributed by atoms with van der Waals surface area (Å²) >= 11 is 0. The summed E-state index contributed by atoms with van der Waals surface area (Å²) in [5.41, 5.74) is 7.73. The van der Waals surface area contributed by atoms with Crippen LogP contribution < -0.4 is 10.6 Å². The molecule has 0 amide bonds. The van der Waals surface area contributed by atoms with Crippen molar-refractivity contribution in [2.24, 2.45) is 11.8 Å². The van der Waals surface area contributed by atoms with E-state index in [2.05, 4.69) is 11.8 Å². The summed E-state index contributed by atoms with van der Waals surface area (Å²) in [6.07, 6.45) is 1.27. The maximum atomic E-state index is 11.8. The van der Waals surface area contributed by atoms with Gasteiger partial charge < -0.3 is 15.4 Å². The number of hydrogen-bond acceptors (Lipinski definition) is 4. The fourth-order valence-electron chi connectivity index (χ4n) is 2.26. The van der Waals surface area contributed by atoms with Gasteiger partial charge in [0.25, 0.3) is 0 Å². The Bertz CT molecular complexity index is 459. The summed E-state index contributed by atoms with van der Waals surface area (Å²) in [6, 6.07) is 5.37. The van der Waals surface area contributed by atoms with Crippen molar-refractivity contribution in [3.05, 3.63) is 23.8 Å². The molecule has 0 saturated heterocycles. The average Bonchev–Trinajstić information content (AvgIpc) is 3.03. The van der Waals surface area contributed by atoms with E-state index in [1.807, 2.05) is 19.2 Å². The van der Waals surface area contributed by atoms with E-state index in [9.17, 15) is 4.79 Å². The molecule has 1 aliphatic carbocycles. The number of ether oxygens (including phenoxy) is 1. The zero-order valence-corrected chi connectivity index (χ0v) is 11.1. The maximum Gasteiger partial charge on any atom is 0.340 e. The van der Waals surface area contributed by atoms with Crippen LogP contribution in [0.1, 0.15) is 23.7 Å². The predicted octanol–water partition coefficient (Wildman–Crippen LogP) is 2.15. The van der Waals surface area contributed by atoms with Gasteiger partial charge in [-0.3, -0.25) is 0 Å². The van der Waals surface area contributed by atoms with Crippen LogP contribution in [0, 0.1) is 11.8 Å². The first-order chi connectivity index (χ1) is 8.52. The monoisotopic (exact) mass is 248 g/mol. The molecule has 1 aromatic rings. The predicted molar refractivity (Wildman–Crippen MR) is 72.7 cm³/mol. The van der Waals surface area contributed by atoms with E-state index in [0.717, 1.165) is 24.1 Å². The second-order valence-electron chi connectivity index (χ2n) is 5.12. The summed E-state index contributed by atoms with van der Waals surface area (Å²) in [5.74, 6) is 1.19. The topological polar surface area (TPSA) is 55.6 Å². The van der Waals surface area contributed by atoms with Crippen LogP contribution in [0.25, 0.3) is 0 Å². The molecule has 0 heterocycles. The van der Waals surface area contributed by atoms with Crippen molar-refractivity contribution < 1.29 is 9.53 Å². The van der Waals surface area contributed by atoms with Crippen LogP contribution in [0.3, 0.4) is 0 Å². The van der Waals surface area contributed by atoms with E-state index in [1.54, 1.807) is 6.07 Å². The molecule has 18 heavy (non-hydrogen) atoms. The molecule has 1 aliphatic rings. The average molecular weight is 248 g/mol. The van der Waals surface area contributed by atoms with E-state index >= 15 is 0 Å². The second-order valence-corrected chi connectivity index (χ2v) is 5.12. The van der Waals surface area contributed by atoms with Crippen LogP contribution in [-0.2, 0) is 4.74 Å². The number of nitrogens with two attached hydrogens (primary N) is 1. The van der Waals surface area contributed by atoms with E-state index in [0.29, 0.717) is 11.3 Å². The summed E-state index contributed by atoms with van der Waals surface area (Å²) in [4.78, 5) is 13.9. The molecule has 1 fully saturated rings. The van der Waals surface area contributed by atoms with Gasteiger partial charge in [-0.1, -0.05) is 6.92 Å². The minimum Gasteiger partial charge on any atom is -0.465 e. The van der Waals surface area contributed by atoms with Crippen molar-refractivity contribution in [1.82, 2.24) is 0 Å². The van der Waals surface area contributed by atoms with Gasteiger partial charge in [0, 0.05) is 19.3 Å². The highest BCUT2D eigenvalue weighted by Gasteiger charge is 2.33. The summed E-state index contributed by atoms with van der Waals surface area (Å²) in [7, 11) is 3.39. The lowest BCUT2D eigenvalue weighted by atomic mass is 10.1. The summed E-state index contributed by atoms with van der Waals surface area (Å²) < 4.78 is 4.80. The fraction of sp³-hybridized carbons (Fsp3) is 0.500. The van der Waals surface area contributed by atoms with Crippen molar-refractivity contribution in [3.63, 3.8) is 0 Å². The van der Waals surface area contributed by atoms with Gasteiger partial charge in [-0.25, -0.2) is 4.79 Å². The fourth-order valence-corrected chi connectivity index (χ4v) is 2.26. The Kier molecular flexibility index (Phi) is 3.45. The van der Waals surface area contributed by atoms with Crippen molar-refractivity contribution in [3.8, 4) is 0 Å². The van der Waals surface area contributed by atoms with E-state index < -0.39 is 0 Å². The number of nitrogen functional groups attached to an aromatic ring is 1. The maximum absolute atomic E-state index is 11.8. The molecule has 2 N–H and O–H groups in total. The highest BCUT2D eigenvalue weighted by molar-refractivity contribution is 5.96. The molecule has 4 heteroatoms. The van der Waals surface area contributed by atoms with Gasteiger partial charge in [0.1, 0.15) is 0 Å². The number of methoxy groups -OCH3 is 1. The van der Waals surface area contributed by atoms with Crippen LogP contribution in [-0.4, -0.2) is 26.7 Å². The molecule has 4 nitrogen and oxygen atoms in total. The zero-order valence-electron chi connectivity index (χ0n) is 11.1. The molecule has 2 rings (SSSR count). The molecule has 0 spiro atoms. The first-order valence-corrected chi connectivity index (χ1v) is 6.22. The van der Waals surface area contributed by atoms with Gasteiger partial charge in [0.15, 0.2) is 0 Å². The molecule has 1 saturated carbocycles. The van der Waals surface area contributed by atoms with Gasteiger partial charge in [-0.15, -0.1) is 0 Å². The number of benzene rings is 1. The van der Waals surface area contributed by atoms with Crippen molar-refractivity contribution in [2.75, 3.05) is 31.3 Å². The number of rotatable bonds is 4. The Labute approximate surface area is 108 Å². The summed E-state index contributed by atoms with van der Waals surface area (Å²) in [6.45, 7) is 3.22. The van der Waals surface area contributed by atoms with Gasteiger partial charge in [0.2, 0.25) is 0 Å². The quantitative estimate of drug-likeness (QED) is 0.655. The summed E-state index contributed by atoms with van der Waals surface area (Å²) in [5, 5.41) is 0. The lowest BCUT2D eigenvalue weighted by Crippen LogP contribution is -2.23. The Morgan fingerprint density at radius 3 is 2.78 bits per heavy atom. The Morgan fingerprint density at radius 2 is 2.22 bits per heavy atom. The molecule has 0 radical (unpaired) electrons. The van der Waals surface area contributed by atoms with E-state index in [1.165, 1.54) is 13.5 Å². The largest absolute Gasteiger partial charge is 0.465 e. The first-order valence-electron chi connectivity index (χ1n) is 6.22. The lowest BCUT2D eigenvalue weighted by molar-refractivity contribution is 0.0601. The van der Waals surface area contributed by atoms with Crippen molar-refractivity contribution >= 4 is 17.3 Å². The zero-order chi connectivity index (χ0) is 13.3.